The number of para-hydroxylation sites is 3. The Labute approximate surface area is 496 Å². The summed E-state index contributed by atoms with van der Waals surface area (Å²) in [4.78, 5) is 7.69. The highest BCUT2D eigenvalue weighted by Crippen LogP contribution is 2.52. The summed E-state index contributed by atoms with van der Waals surface area (Å²) in [5.41, 5.74) is 25.5. The van der Waals surface area contributed by atoms with Crippen LogP contribution in [0.15, 0.2) is 186 Å². The molecule has 0 bridgehead atoms. The van der Waals surface area contributed by atoms with Crippen LogP contribution in [0.25, 0.3) is 33.1 Å². The molecule has 0 unspecified atom stereocenters. The van der Waals surface area contributed by atoms with Gasteiger partial charge >= 0.3 is 0 Å². The second-order valence-electron chi connectivity index (χ2n) is 30.0. The van der Waals surface area contributed by atoms with Gasteiger partial charge in [-0.1, -0.05) is 240 Å². The minimum Gasteiger partial charge on any atom is -0.455 e. The molecule has 0 radical (unpaired) electrons. The van der Waals surface area contributed by atoms with Crippen molar-refractivity contribution in [2.45, 2.75) is 157 Å². The maximum Gasteiger partial charge on any atom is 0.252 e. The van der Waals surface area contributed by atoms with E-state index in [9.17, 15) is 0 Å². The lowest BCUT2D eigenvalue weighted by molar-refractivity contribution is 0.573. The van der Waals surface area contributed by atoms with Gasteiger partial charge in [-0.25, -0.2) is 0 Å². The van der Waals surface area contributed by atoms with E-state index < -0.39 is 0 Å². The normalized spacial score (nSPS) is 13.8. The number of furan rings is 1. The molecule has 0 saturated carbocycles. The molecular formula is C78H84BN3O. The van der Waals surface area contributed by atoms with Gasteiger partial charge in [-0.3, -0.25) is 0 Å². The fraction of sp³-hybridized carbons (Fsp3) is 0.308. The maximum absolute atomic E-state index is 7.24. The quantitative estimate of drug-likeness (QED) is 0.155. The second kappa shape index (κ2) is 19.4. The number of rotatable bonds is 6. The molecule has 0 spiro atoms. The molecule has 2 aliphatic heterocycles. The maximum atomic E-state index is 7.24. The van der Waals surface area contributed by atoms with Crippen LogP contribution in [0.3, 0.4) is 0 Å². The Hall–Kier alpha value is -7.76. The van der Waals surface area contributed by atoms with Crippen molar-refractivity contribution >= 4 is 96.2 Å². The highest BCUT2D eigenvalue weighted by atomic mass is 16.3. The van der Waals surface area contributed by atoms with E-state index in [1.807, 2.05) is 0 Å². The van der Waals surface area contributed by atoms with Gasteiger partial charge < -0.3 is 19.1 Å². The van der Waals surface area contributed by atoms with Crippen LogP contribution in [-0.4, -0.2) is 6.71 Å². The van der Waals surface area contributed by atoms with Gasteiger partial charge in [-0.2, -0.15) is 0 Å². The monoisotopic (exact) mass is 1090 g/mol. The number of fused-ring (bicyclic) bond motifs is 7. The molecule has 0 amide bonds. The van der Waals surface area contributed by atoms with Gasteiger partial charge in [0.15, 0.2) is 0 Å². The second-order valence-corrected chi connectivity index (χ2v) is 30.0. The Morgan fingerprint density at radius 3 is 1.24 bits per heavy atom. The van der Waals surface area contributed by atoms with Gasteiger partial charge in [-0.15, -0.1) is 0 Å². The number of anilines is 9. The van der Waals surface area contributed by atoms with Gasteiger partial charge in [-0.05, 0) is 143 Å². The van der Waals surface area contributed by atoms with Crippen LogP contribution in [-0.2, 0) is 32.5 Å². The third-order valence-corrected chi connectivity index (χ3v) is 17.8. The van der Waals surface area contributed by atoms with E-state index in [0.29, 0.717) is 0 Å². The first-order valence-electron chi connectivity index (χ1n) is 30.2. The van der Waals surface area contributed by atoms with Crippen molar-refractivity contribution in [3.63, 3.8) is 0 Å². The molecule has 12 rings (SSSR count). The van der Waals surface area contributed by atoms with Crippen LogP contribution >= 0.6 is 0 Å². The smallest absolute Gasteiger partial charge is 0.252 e. The van der Waals surface area contributed by atoms with Crippen LogP contribution in [0.4, 0.5) is 51.2 Å². The Morgan fingerprint density at radius 1 is 0.325 bits per heavy atom. The van der Waals surface area contributed by atoms with E-state index in [-0.39, 0.29) is 39.2 Å². The summed E-state index contributed by atoms with van der Waals surface area (Å²) in [6, 6.07) is 70.1. The largest absolute Gasteiger partial charge is 0.455 e. The SMILES string of the molecule is CC(C)(C)c1ccc(N(c2ccc(C(C)(C)C)cc2)c2cc3c4c(c2)N(c2ccccc2-c2cccc5c2oc2c(C(C)(C)C)cccc25)c2ccc(C(C)(C)C)cc2B4c2cc(C(C)(C)C)ccc2N3c2ccc(C(C)(C)C)cc2)cc1. The molecule has 2 aliphatic rings. The lowest BCUT2D eigenvalue weighted by atomic mass is 9.33. The summed E-state index contributed by atoms with van der Waals surface area (Å²) in [5, 5.41) is 2.26. The first-order chi connectivity index (χ1) is 39.0. The molecule has 9 aromatic carbocycles. The summed E-state index contributed by atoms with van der Waals surface area (Å²) >= 11 is 0. The topological polar surface area (TPSA) is 22.9 Å². The highest BCUT2D eigenvalue weighted by Gasteiger charge is 2.45. The number of hydrogen-bond acceptors (Lipinski definition) is 4. The lowest BCUT2D eigenvalue weighted by Gasteiger charge is -2.46. The van der Waals surface area contributed by atoms with E-state index in [1.54, 1.807) is 0 Å². The Kier molecular flexibility index (Phi) is 13.0. The molecule has 4 nitrogen and oxygen atoms in total. The van der Waals surface area contributed by atoms with E-state index in [1.165, 1.54) is 61.1 Å². The zero-order valence-corrected chi connectivity index (χ0v) is 52.6. The average molecular weight is 1090 g/mol. The fourth-order valence-corrected chi connectivity index (χ4v) is 12.9. The third-order valence-electron chi connectivity index (χ3n) is 17.8. The fourth-order valence-electron chi connectivity index (χ4n) is 12.9. The summed E-state index contributed by atoms with van der Waals surface area (Å²) in [5.74, 6) is 0. The molecule has 0 saturated heterocycles. The van der Waals surface area contributed by atoms with Gasteiger partial charge in [0, 0.05) is 67.3 Å². The molecule has 420 valence electrons. The Morgan fingerprint density at radius 2 is 0.747 bits per heavy atom. The minimum absolute atomic E-state index is 0.0122. The number of hydrogen-bond donors (Lipinski definition) is 0. The molecule has 0 fully saturated rings. The summed E-state index contributed by atoms with van der Waals surface area (Å²) in [6.45, 7) is 41.5. The van der Waals surface area contributed by atoms with Crippen molar-refractivity contribution in [2.24, 2.45) is 0 Å². The molecular weight excluding hydrogens is 1010 g/mol. The lowest BCUT2D eigenvalue weighted by Crippen LogP contribution is -2.61. The first-order valence-corrected chi connectivity index (χ1v) is 30.2. The molecule has 0 atom stereocenters. The van der Waals surface area contributed by atoms with Crippen molar-refractivity contribution in [1.82, 2.24) is 0 Å². The van der Waals surface area contributed by atoms with E-state index in [4.69, 9.17) is 4.42 Å². The van der Waals surface area contributed by atoms with Crippen molar-refractivity contribution in [3.8, 4) is 11.1 Å². The van der Waals surface area contributed by atoms with E-state index >= 15 is 0 Å². The zero-order chi connectivity index (χ0) is 59.1. The van der Waals surface area contributed by atoms with Gasteiger partial charge in [0.05, 0.1) is 11.4 Å². The number of benzene rings is 9. The van der Waals surface area contributed by atoms with Crippen LogP contribution < -0.4 is 31.1 Å². The van der Waals surface area contributed by atoms with Crippen LogP contribution in [0.2, 0.25) is 0 Å². The minimum atomic E-state index is -0.110. The van der Waals surface area contributed by atoms with Gasteiger partial charge in [0.25, 0.3) is 6.71 Å². The summed E-state index contributed by atoms with van der Waals surface area (Å²) in [7, 11) is 0. The Balaban J connectivity index is 1.22. The summed E-state index contributed by atoms with van der Waals surface area (Å²) in [6.07, 6.45) is 0. The third kappa shape index (κ3) is 9.76. The molecule has 10 aromatic rings. The van der Waals surface area contributed by atoms with Crippen molar-refractivity contribution < 1.29 is 4.42 Å². The van der Waals surface area contributed by atoms with E-state index in [2.05, 4.69) is 321 Å². The van der Waals surface area contributed by atoms with Gasteiger partial charge in [0.1, 0.15) is 11.2 Å². The molecule has 5 heteroatoms. The average Bonchev–Trinajstić information content (AvgIpc) is 1.26. The highest BCUT2D eigenvalue weighted by molar-refractivity contribution is 7.00. The molecule has 0 aliphatic carbocycles. The zero-order valence-electron chi connectivity index (χ0n) is 52.6. The Bertz CT molecular complexity index is 4080. The van der Waals surface area contributed by atoms with E-state index in [0.717, 1.165) is 72.9 Å². The van der Waals surface area contributed by atoms with Crippen LogP contribution in [0.1, 0.15) is 158 Å². The predicted molar refractivity (Wildman–Crippen MR) is 360 cm³/mol. The molecule has 83 heavy (non-hydrogen) atoms. The standard InChI is InChI=1S/C78H84BN3O/c1-73(2,3)49-29-37-54(38-30-49)80(55-39-31-50(32-40-55)74(4,5)6)57-47-68-70-69(48-57)82(65-28-20-19-23-58(65)59-24-21-25-60-61-26-22-27-62(78(16,17)18)72(61)83-71(59)60)67-44-36-53(77(13,14)15)46-64(67)79(70)63-45-52(76(10,11)12)35-43-66(63)81(68)56-41-33-51(34-42-56)75(7,8)9/h19-48H,1-18H3. The molecule has 3 heterocycles. The van der Waals surface area contributed by atoms with Crippen LogP contribution in [0, 0.1) is 0 Å². The number of nitrogens with zero attached hydrogens (tertiary/aromatic N) is 3. The van der Waals surface area contributed by atoms with Crippen molar-refractivity contribution in [3.05, 3.63) is 215 Å². The van der Waals surface area contributed by atoms with Crippen molar-refractivity contribution in [1.29, 1.82) is 0 Å². The predicted octanol–water partition coefficient (Wildman–Crippen LogP) is 20.6. The van der Waals surface area contributed by atoms with Crippen molar-refractivity contribution in [2.75, 3.05) is 14.7 Å². The summed E-state index contributed by atoms with van der Waals surface area (Å²) < 4.78 is 7.24. The van der Waals surface area contributed by atoms with Gasteiger partial charge in [0.2, 0.25) is 0 Å². The molecule has 1 aromatic heterocycles. The molecule has 0 N–H and O–H groups in total. The first kappa shape index (κ1) is 55.8. The van der Waals surface area contributed by atoms with Crippen LogP contribution in [0.5, 0.6) is 0 Å².